The maximum absolute atomic E-state index is 13.8. The van der Waals surface area contributed by atoms with Gasteiger partial charge in [-0.2, -0.15) is 5.10 Å². The molecule has 0 spiro atoms. The number of methoxy groups -OCH3 is 2. The van der Waals surface area contributed by atoms with Gasteiger partial charge in [-0.15, -0.1) is 5.10 Å². The van der Waals surface area contributed by atoms with Crippen molar-refractivity contribution in [2.75, 3.05) is 25.8 Å². The quantitative estimate of drug-likeness (QED) is 0.239. The van der Waals surface area contributed by atoms with Gasteiger partial charge in [0.05, 0.1) is 38.4 Å². The van der Waals surface area contributed by atoms with Crippen LogP contribution in [-0.2, 0) is 22.8 Å². The van der Waals surface area contributed by atoms with Gasteiger partial charge in [0.1, 0.15) is 0 Å². The summed E-state index contributed by atoms with van der Waals surface area (Å²) < 4.78 is 19.0. The largest absolute Gasteiger partial charge is 0.493 e. The van der Waals surface area contributed by atoms with E-state index in [0.29, 0.717) is 23.1 Å². The average Bonchev–Trinajstić information content (AvgIpc) is 3.57. The Morgan fingerprint density at radius 3 is 2.33 bits per heavy atom. The summed E-state index contributed by atoms with van der Waals surface area (Å²) in [6.07, 6.45) is 0. The monoisotopic (exact) mass is 603 g/mol. The Bertz CT molecular complexity index is 1690. The number of ether oxygens (including phenoxy) is 3. The van der Waals surface area contributed by atoms with Crippen molar-refractivity contribution in [1.82, 2.24) is 14.3 Å². The number of benzene rings is 3. The third-order valence-corrected chi connectivity index (χ3v) is 7.36. The van der Waals surface area contributed by atoms with Gasteiger partial charge in [-0.25, -0.2) is 19.1 Å². The van der Waals surface area contributed by atoms with E-state index in [4.69, 9.17) is 36.0 Å². The van der Waals surface area contributed by atoms with E-state index in [1.54, 1.807) is 52.1 Å². The van der Waals surface area contributed by atoms with Crippen molar-refractivity contribution in [3.05, 3.63) is 105 Å². The fraction of sp³-hybridized carbons (Fsp3) is 0.312. The van der Waals surface area contributed by atoms with Crippen LogP contribution in [0.25, 0.3) is 0 Å². The zero-order chi connectivity index (χ0) is 30.7. The van der Waals surface area contributed by atoms with E-state index in [9.17, 15) is 9.59 Å². The molecule has 0 aliphatic carbocycles. The molecule has 1 atom stereocenters. The fourth-order valence-corrected chi connectivity index (χ4v) is 4.91. The molecule has 224 valence electrons. The molecule has 0 saturated carbocycles. The highest BCUT2D eigenvalue weighted by atomic mass is 35.5. The summed E-state index contributed by atoms with van der Waals surface area (Å²) in [6.45, 7) is 5.53. The number of hydrogen-bond donors (Lipinski definition) is 0. The van der Waals surface area contributed by atoms with Crippen LogP contribution in [0.5, 0.6) is 11.5 Å². The molecule has 4 aromatic rings. The average molecular weight is 604 g/mol. The number of nitrogens with zero attached hydrogens (tertiary/aromatic N) is 5. The lowest BCUT2D eigenvalue weighted by Crippen LogP contribution is -2.31. The van der Waals surface area contributed by atoms with Crippen molar-refractivity contribution in [3.63, 3.8) is 0 Å². The highest BCUT2D eigenvalue weighted by Crippen LogP contribution is 2.32. The highest BCUT2D eigenvalue weighted by Gasteiger charge is 2.34. The normalized spacial score (nSPS) is 14.9. The minimum absolute atomic E-state index is 0.112. The number of rotatable bonds is 9. The fourth-order valence-electron chi connectivity index (χ4n) is 4.78. The summed E-state index contributed by atoms with van der Waals surface area (Å²) in [4.78, 5) is 26.4. The number of carbonyl (C=O) groups is 1. The van der Waals surface area contributed by atoms with Crippen molar-refractivity contribution < 1.29 is 19.0 Å². The topological polar surface area (TPSA) is 100 Å². The molecule has 1 aromatic heterocycles. The molecule has 0 saturated heterocycles. The van der Waals surface area contributed by atoms with E-state index in [0.717, 1.165) is 22.4 Å². The lowest BCUT2D eigenvalue weighted by Gasteiger charge is -2.18. The predicted octanol–water partition coefficient (Wildman–Crippen LogP) is 5.32. The Kier molecular flexibility index (Phi) is 8.59. The van der Waals surface area contributed by atoms with Crippen LogP contribution in [0.3, 0.4) is 0 Å². The van der Waals surface area contributed by atoms with Gasteiger partial charge in [-0.3, -0.25) is 4.79 Å². The number of aromatic nitrogens is 3. The standard InChI is InChI=1S/C32H34ClN5O5/c1-32(2,3)29(39)43-20-36-30(35-38(31(36)40)18-21-11-16-26(41-4)27(17-21)42-5)37-19-25(22-9-7-6-8-10-22)28(34-37)23-12-14-24(33)15-13-23/h6-17,25H,18-20H2,1-5H3. The van der Waals surface area contributed by atoms with Crippen LogP contribution in [-0.4, -0.2) is 46.8 Å². The van der Waals surface area contributed by atoms with E-state index >= 15 is 0 Å². The Morgan fingerprint density at radius 1 is 0.977 bits per heavy atom. The molecule has 1 unspecified atom stereocenters. The van der Waals surface area contributed by atoms with Gasteiger partial charge in [-0.1, -0.05) is 60.1 Å². The number of hydrazone groups is 1. The molecule has 0 bridgehead atoms. The van der Waals surface area contributed by atoms with Gasteiger partial charge in [0.15, 0.2) is 18.2 Å². The summed E-state index contributed by atoms with van der Waals surface area (Å²) in [7, 11) is 3.11. The van der Waals surface area contributed by atoms with Crippen LogP contribution < -0.4 is 20.2 Å². The number of hydrogen-bond acceptors (Lipinski definition) is 8. The lowest BCUT2D eigenvalue weighted by molar-refractivity contribution is -0.157. The van der Waals surface area contributed by atoms with Crippen molar-refractivity contribution >= 4 is 29.2 Å². The van der Waals surface area contributed by atoms with Gasteiger partial charge in [0, 0.05) is 10.9 Å². The van der Waals surface area contributed by atoms with E-state index in [2.05, 4.69) is 0 Å². The van der Waals surface area contributed by atoms with Gasteiger partial charge in [0.2, 0.25) is 0 Å². The summed E-state index contributed by atoms with van der Waals surface area (Å²) in [5.41, 5.74) is 2.36. The molecule has 5 rings (SSSR count). The Balaban J connectivity index is 1.56. The van der Waals surface area contributed by atoms with Crippen LogP contribution in [0, 0.1) is 5.41 Å². The zero-order valence-corrected chi connectivity index (χ0v) is 25.5. The molecule has 1 aliphatic heterocycles. The summed E-state index contributed by atoms with van der Waals surface area (Å²) in [5, 5.41) is 12.0. The van der Waals surface area contributed by atoms with E-state index in [-0.39, 0.29) is 25.1 Å². The van der Waals surface area contributed by atoms with Gasteiger partial charge >= 0.3 is 11.7 Å². The summed E-state index contributed by atoms with van der Waals surface area (Å²) in [6, 6.07) is 22.9. The molecule has 43 heavy (non-hydrogen) atoms. The highest BCUT2D eigenvalue weighted by molar-refractivity contribution is 6.30. The molecule has 0 amide bonds. The maximum Gasteiger partial charge on any atom is 0.350 e. The van der Waals surface area contributed by atoms with E-state index < -0.39 is 17.1 Å². The molecule has 0 radical (unpaired) electrons. The van der Waals surface area contributed by atoms with Crippen molar-refractivity contribution in [2.24, 2.45) is 10.5 Å². The SMILES string of the molecule is COc1ccc(Cn2nc(N3CC(c4ccccc4)C(c4ccc(Cl)cc4)=N3)n(COC(=O)C(C)(C)C)c2=O)cc1OC. The second kappa shape index (κ2) is 12.3. The molecule has 2 heterocycles. The molecule has 0 fully saturated rings. The number of halogens is 1. The molecule has 0 N–H and O–H groups in total. The van der Waals surface area contributed by atoms with Crippen LogP contribution in [0.15, 0.2) is 82.7 Å². The molecular formula is C32H34ClN5O5. The van der Waals surface area contributed by atoms with Gasteiger partial charge in [0.25, 0.3) is 5.95 Å². The first kappa shape index (κ1) is 29.9. The smallest absolute Gasteiger partial charge is 0.350 e. The Morgan fingerprint density at radius 2 is 1.67 bits per heavy atom. The Labute approximate surface area is 255 Å². The number of esters is 1. The summed E-state index contributed by atoms with van der Waals surface area (Å²) in [5.74, 6) is 0.823. The molecule has 1 aliphatic rings. The maximum atomic E-state index is 13.8. The van der Waals surface area contributed by atoms with Crippen molar-refractivity contribution in [2.45, 2.75) is 40.0 Å². The Hall–Kier alpha value is -4.57. The first-order valence-corrected chi connectivity index (χ1v) is 14.2. The number of anilines is 1. The second-order valence-electron chi connectivity index (χ2n) is 11.2. The third kappa shape index (κ3) is 6.44. The first-order valence-electron chi connectivity index (χ1n) is 13.8. The third-order valence-electron chi connectivity index (χ3n) is 7.11. The number of carbonyl (C=O) groups excluding carboxylic acids is 1. The molecule has 3 aromatic carbocycles. The van der Waals surface area contributed by atoms with E-state index in [1.165, 1.54) is 9.25 Å². The predicted molar refractivity (Wildman–Crippen MR) is 165 cm³/mol. The minimum atomic E-state index is -0.745. The molecule has 11 heteroatoms. The van der Waals surface area contributed by atoms with Gasteiger partial charge in [-0.05, 0) is 61.7 Å². The first-order chi connectivity index (χ1) is 20.6. The minimum Gasteiger partial charge on any atom is -0.493 e. The van der Waals surface area contributed by atoms with Crippen molar-refractivity contribution in [3.8, 4) is 11.5 Å². The van der Waals surface area contributed by atoms with Crippen LogP contribution in [0.4, 0.5) is 5.95 Å². The summed E-state index contributed by atoms with van der Waals surface area (Å²) >= 11 is 6.17. The molecular weight excluding hydrogens is 570 g/mol. The van der Waals surface area contributed by atoms with E-state index in [1.807, 2.05) is 60.7 Å². The van der Waals surface area contributed by atoms with Gasteiger partial charge < -0.3 is 14.2 Å². The van der Waals surface area contributed by atoms with Crippen LogP contribution in [0.1, 0.15) is 43.4 Å². The van der Waals surface area contributed by atoms with Crippen LogP contribution >= 0.6 is 11.6 Å². The van der Waals surface area contributed by atoms with Crippen molar-refractivity contribution in [1.29, 1.82) is 0 Å². The molecule has 10 nitrogen and oxygen atoms in total. The zero-order valence-electron chi connectivity index (χ0n) is 24.8. The lowest BCUT2D eigenvalue weighted by atomic mass is 9.91. The second-order valence-corrected chi connectivity index (χ2v) is 11.6. The van der Waals surface area contributed by atoms with Crippen LogP contribution in [0.2, 0.25) is 5.02 Å².